The van der Waals surface area contributed by atoms with Crippen LogP contribution in [0, 0.1) is 5.92 Å². The molecule has 2 atom stereocenters. The van der Waals surface area contributed by atoms with Crippen LogP contribution in [0.4, 0.5) is 4.79 Å². The molecule has 0 saturated heterocycles. The normalized spacial score (nSPS) is 17.1. The van der Waals surface area contributed by atoms with Gasteiger partial charge in [0.2, 0.25) is 5.91 Å². The number of hydrogen-bond donors (Lipinski definition) is 3. The fraction of sp³-hybridized carbons (Fsp3) is 0.423. The first-order chi connectivity index (χ1) is 16.3. The van der Waals surface area contributed by atoms with Crippen molar-refractivity contribution in [2.45, 2.75) is 43.7 Å². The Morgan fingerprint density at radius 2 is 1.68 bits per heavy atom. The first-order valence-corrected chi connectivity index (χ1v) is 12.9. The number of thioether (sulfide) groups is 1. The molecule has 34 heavy (non-hydrogen) atoms. The number of alkyl carbamates (subject to hydrolysis) is 1. The molecule has 2 aliphatic carbocycles. The van der Waals surface area contributed by atoms with Crippen LogP contribution in [0.5, 0.6) is 0 Å². The van der Waals surface area contributed by atoms with Crippen molar-refractivity contribution >= 4 is 29.7 Å². The quantitative estimate of drug-likeness (QED) is 0.473. The van der Waals surface area contributed by atoms with Gasteiger partial charge in [-0.2, -0.15) is 11.8 Å². The van der Waals surface area contributed by atoms with Crippen molar-refractivity contribution in [1.82, 2.24) is 10.6 Å². The molecule has 2 aromatic rings. The van der Waals surface area contributed by atoms with Gasteiger partial charge in [-0.25, -0.2) is 9.59 Å². The molecule has 4 rings (SSSR count). The largest absolute Gasteiger partial charge is 0.480 e. The van der Waals surface area contributed by atoms with E-state index in [-0.39, 0.29) is 18.4 Å². The van der Waals surface area contributed by atoms with Gasteiger partial charge < -0.3 is 20.5 Å². The lowest BCUT2D eigenvalue weighted by Gasteiger charge is -2.29. The summed E-state index contributed by atoms with van der Waals surface area (Å²) < 4.78 is 5.58. The molecule has 0 aromatic heterocycles. The lowest BCUT2D eigenvalue weighted by molar-refractivity contribution is -0.148. The summed E-state index contributed by atoms with van der Waals surface area (Å²) in [6, 6.07) is 15.3. The zero-order valence-electron chi connectivity index (χ0n) is 19.4. The summed E-state index contributed by atoms with van der Waals surface area (Å²) in [5.41, 5.74) is 3.15. The van der Waals surface area contributed by atoms with Gasteiger partial charge in [-0.05, 0) is 66.4 Å². The molecular formula is C26H30N2O5S. The summed E-state index contributed by atoms with van der Waals surface area (Å²) in [6.45, 7) is 1.68. The van der Waals surface area contributed by atoms with E-state index >= 15 is 0 Å². The van der Waals surface area contributed by atoms with E-state index in [0.29, 0.717) is 12.2 Å². The number of carboxylic acids is 1. The van der Waals surface area contributed by atoms with Crippen LogP contribution < -0.4 is 10.6 Å². The molecular weight excluding hydrogens is 452 g/mol. The van der Waals surface area contributed by atoms with E-state index in [1.165, 1.54) is 6.92 Å². The zero-order valence-corrected chi connectivity index (χ0v) is 20.2. The standard InChI is InChI=1S/C26H30N2O5S/c1-26(24(30)31,16-11-12-16)28-23(29)22(13-14-34-2)27-25(32)33-15-21-19-9-5-3-7-17(19)18-8-4-6-10-20(18)21/h3-10,16,21-22H,11-15H2,1-2H3,(H,27,32)(H,28,29)(H,30,31). The average Bonchev–Trinajstić information content (AvgIpc) is 3.64. The molecule has 180 valence electrons. The summed E-state index contributed by atoms with van der Waals surface area (Å²) in [5.74, 6) is -1.10. The molecule has 0 aliphatic heterocycles. The Hall–Kier alpha value is -3.00. The highest BCUT2D eigenvalue weighted by molar-refractivity contribution is 7.98. The minimum Gasteiger partial charge on any atom is -0.480 e. The minimum absolute atomic E-state index is 0.0817. The number of fused-ring (bicyclic) bond motifs is 3. The third-order valence-electron chi connectivity index (χ3n) is 6.78. The molecule has 1 fully saturated rings. The molecule has 2 unspecified atom stereocenters. The maximum atomic E-state index is 13.0. The molecule has 2 amide bonds. The van der Waals surface area contributed by atoms with Gasteiger partial charge in [0.1, 0.15) is 18.2 Å². The van der Waals surface area contributed by atoms with Crippen molar-refractivity contribution in [3.8, 4) is 11.1 Å². The SMILES string of the molecule is CSCCC(NC(=O)OCC1c2ccccc2-c2ccccc21)C(=O)NC(C)(C(=O)O)C1CC1. The van der Waals surface area contributed by atoms with E-state index in [1.807, 2.05) is 42.7 Å². The summed E-state index contributed by atoms with van der Waals surface area (Å²) in [7, 11) is 0. The predicted molar refractivity (Wildman–Crippen MR) is 132 cm³/mol. The van der Waals surface area contributed by atoms with Crippen LogP contribution in [-0.2, 0) is 14.3 Å². The highest BCUT2D eigenvalue weighted by Crippen LogP contribution is 2.44. The number of nitrogens with one attached hydrogen (secondary N) is 2. The number of rotatable bonds is 10. The number of benzene rings is 2. The molecule has 1 saturated carbocycles. The van der Waals surface area contributed by atoms with Gasteiger partial charge in [-0.3, -0.25) is 4.79 Å². The minimum atomic E-state index is -1.34. The van der Waals surface area contributed by atoms with Crippen LogP contribution >= 0.6 is 11.8 Å². The van der Waals surface area contributed by atoms with Crippen LogP contribution in [0.15, 0.2) is 48.5 Å². The highest BCUT2D eigenvalue weighted by Gasteiger charge is 2.49. The second-order valence-corrected chi connectivity index (χ2v) is 10.1. The predicted octanol–water partition coefficient (Wildman–Crippen LogP) is 4.02. The number of carbonyl (C=O) groups is 3. The maximum absolute atomic E-state index is 13.0. The lowest BCUT2D eigenvalue weighted by Crippen LogP contribution is -2.59. The van der Waals surface area contributed by atoms with E-state index in [2.05, 4.69) is 22.8 Å². The average molecular weight is 483 g/mol. The number of amides is 2. The second kappa shape index (κ2) is 10.1. The third-order valence-corrected chi connectivity index (χ3v) is 7.43. The maximum Gasteiger partial charge on any atom is 0.407 e. The molecule has 7 nitrogen and oxygen atoms in total. The van der Waals surface area contributed by atoms with Gasteiger partial charge in [0.05, 0.1) is 0 Å². The van der Waals surface area contributed by atoms with Gasteiger partial charge in [0.15, 0.2) is 0 Å². The molecule has 2 aromatic carbocycles. The molecule has 0 bridgehead atoms. The van der Waals surface area contributed by atoms with Gasteiger partial charge in [-0.15, -0.1) is 0 Å². The highest BCUT2D eigenvalue weighted by atomic mass is 32.2. The molecule has 3 N–H and O–H groups in total. The molecule has 0 radical (unpaired) electrons. The van der Waals surface area contributed by atoms with Crippen molar-refractivity contribution in [2.24, 2.45) is 5.92 Å². The fourth-order valence-corrected chi connectivity index (χ4v) is 5.09. The van der Waals surface area contributed by atoms with E-state index in [1.54, 1.807) is 11.8 Å². The first kappa shape index (κ1) is 24.1. The number of hydrogen-bond acceptors (Lipinski definition) is 5. The monoisotopic (exact) mass is 482 g/mol. The van der Waals surface area contributed by atoms with Crippen LogP contribution in [0.1, 0.15) is 43.2 Å². The van der Waals surface area contributed by atoms with Crippen LogP contribution in [0.2, 0.25) is 0 Å². The Kier molecular flexibility index (Phi) is 7.16. The van der Waals surface area contributed by atoms with Gasteiger partial charge in [0, 0.05) is 5.92 Å². The molecule has 8 heteroatoms. The zero-order chi connectivity index (χ0) is 24.3. The van der Waals surface area contributed by atoms with Crippen molar-refractivity contribution < 1.29 is 24.2 Å². The molecule has 2 aliphatic rings. The third kappa shape index (κ3) is 4.92. The lowest BCUT2D eigenvalue weighted by atomic mass is 9.95. The summed E-state index contributed by atoms with van der Waals surface area (Å²) in [5, 5.41) is 15.0. The second-order valence-electron chi connectivity index (χ2n) is 9.07. The Morgan fingerprint density at radius 1 is 1.09 bits per heavy atom. The topological polar surface area (TPSA) is 105 Å². The van der Waals surface area contributed by atoms with Crippen LogP contribution in [0.25, 0.3) is 11.1 Å². The Morgan fingerprint density at radius 3 is 2.21 bits per heavy atom. The van der Waals surface area contributed by atoms with E-state index in [4.69, 9.17) is 4.74 Å². The van der Waals surface area contributed by atoms with Gasteiger partial charge in [0.25, 0.3) is 0 Å². The number of carbonyl (C=O) groups excluding carboxylic acids is 2. The van der Waals surface area contributed by atoms with Gasteiger partial charge in [-0.1, -0.05) is 48.5 Å². The molecule has 0 heterocycles. The van der Waals surface area contributed by atoms with E-state index in [0.717, 1.165) is 35.1 Å². The number of ether oxygens (including phenoxy) is 1. The Labute approximate surface area is 203 Å². The summed E-state index contributed by atoms with van der Waals surface area (Å²) >= 11 is 1.55. The number of carboxylic acid groups (broad SMARTS) is 1. The Balaban J connectivity index is 1.42. The smallest absolute Gasteiger partial charge is 0.407 e. The van der Waals surface area contributed by atoms with Crippen LogP contribution in [0.3, 0.4) is 0 Å². The van der Waals surface area contributed by atoms with Crippen molar-refractivity contribution in [3.63, 3.8) is 0 Å². The van der Waals surface area contributed by atoms with E-state index in [9.17, 15) is 19.5 Å². The van der Waals surface area contributed by atoms with Crippen molar-refractivity contribution in [3.05, 3.63) is 59.7 Å². The Bertz CT molecular complexity index is 1040. The first-order valence-electron chi connectivity index (χ1n) is 11.5. The fourth-order valence-electron chi connectivity index (χ4n) is 4.62. The van der Waals surface area contributed by atoms with Crippen molar-refractivity contribution in [2.75, 3.05) is 18.6 Å². The van der Waals surface area contributed by atoms with Crippen molar-refractivity contribution in [1.29, 1.82) is 0 Å². The van der Waals surface area contributed by atoms with Crippen LogP contribution in [-0.4, -0.2) is 53.3 Å². The molecule has 0 spiro atoms. The summed E-state index contributed by atoms with van der Waals surface area (Å²) in [4.78, 5) is 37.5. The van der Waals surface area contributed by atoms with E-state index < -0.39 is 29.6 Å². The van der Waals surface area contributed by atoms with Gasteiger partial charge >= 0.3 is 12.1 Å². The summed E-state index contributed by atoms with van der Waals surface area (Å²) in [6.07, 6.45) is 3.12. The number of aliphatic carboxylic acids is 1.